The van der Waals surface area contributed by atoms with E-state index in [0.29, 0.717) is 11.5 Å². The van der Waals surface area contributed by atoms with Crippen LogP contribution in [-0.2, 0) is 38.7 Å². The topological polar surface area (TPSA) is 136 Å². The Bertz CT molecular complexity index is 1150. The van der Waals surface area contributed by atoms with Crippen LogP contribution in [0.5, 0.6) is 11.5 Å². The highest BCUT2D eigenvalue weighted by atomic mass is 32.2. The molecule has 3 fully saturated rings. The number of fused-ring (bicyclic) bond motifs is 6. The van der Waals surface area contributed by atoms with Gasteiger partial charge in [0.25, 0.3) is 16.0 Å². The lowest BCUT2D eigenvalue weighted by atomic mass is 9.60. The molecule has 31 heavy (non-hydrogen) atoms. The van der Waals surface area contributed by atoms with E-state index in [4.69, 9.17) is 27.9 Å². The van der Waals surface area contributed by atoms with Gasteiger partial charge in [0, 0.05) is 5.56 Å². The van der Waals surface area contributed by atoms with Crippen molar-refractivity contribution in [2.45, 2.75) is 55.5 Å². The smallest absolute Gasteiger partial charge is 0.322 e. The Hall–Kier alpha value is -2.41. The quantitative estimate of drug-likeness (QED) is 0.464. The molecule has 4 heterocycles. The van der Waals surface area contributed by atoms with Gasteiger partial charge in [-0.25, -0.2) is 0 Å². The SMILES string of the molecule is CC1(C)O[C@@H]2[C@H]3OC(=O)[C@]4(c5cc6c(cc5C(=O)N[C@H]4[C@@H]2O1)OCO6)[C@@H]3OS(C)(=O)=O. The average Bonchev–Trinajstić information content (AvgIpc) is 3.30. The summed E-state index contributed by atoms with van der Waals surface area (Å²) in [7, 11) is -4.01. The molecule has 0 aromatic heterocycles. The second-order valence-corrected chi connectivity index (χ2v) is 10.3. The van der Waals surface area contributed by atoms with Crippen LogP contribution in [0.15, 0.2) is 12.1 Å². The van der Waals surface area contributed by atoms with Gasteiger partial charge in [-0.15, -0.1) is 0 Å². The van der Waals surface area contributed by atoms with Crippen molar-refractivity contribution in [3.05, 3.63) is 23.3 Å². The van der Waals surface area contributed by atoms with Crippen molar-refractivity contribution in [3.63, 3.8) is 0 Å². The molecule has 6 atom stereocenters. The first-order chi connectivity index (χ1) is 14.5. The molecule has 2 bridgehead atoms. The highest BCUT2D eigenvalue weighted by Crippen LogP contribution is 2.57. The first-order valence-electron chi connectivity index (χ1n) is 9.71. The number of carbonyl (C=O) groups is 2. The second kappa shape index (κ2) is 5.68. The van der Waals surface area contributed by atoms with Crippen LogP contribution < -0.4 is 14.8 Å². The van der Waals surface area contributed by atoms with Crippen LogP contribution in [0.25, 0.3) is 0 Å². The molecule has 1 N–H and O–H groups in total. The molecule has 1 aromatic rings. The van der Waals surface area contributed by atoms with E-state index in [0.717, 1.165) is 6.26 Å². The van der Waals surface area contributed by atoms with E-state index < -0.39 is 63.7 Å². The highest BCUT2D eigenvalue weighted by Gasteiger charge is 2.77. The van der Waals surface area contributed by atoms with Crippen LogP contribution >= 0.6 is 0 Å². The van der Waals surface area contributed by atoms with Crippen molar-refractivity contribution >= 4 is 22.0 Å². The summed E-state index contributed by atoms with van der Waals surface area (Å²) in [5.41, 5.74) is -1.28. The monoisotopic (exact) mass is 453 g/mol. The van der Waals surface area contributed by atoms with Crippen LogP contribution in [0.2, 0.25) is 0 Å². The predicted octanol–water partition coefficient (Wildman–Crippen LogP) is -0.431. The summed E-state index contributed by atoms with van der Waals surface area (Å²) in [6.45, 7) is 3.34. The van der Waals surface area contributed by atoms with Crippen LogP contribution in [0.4, 0.5) is 0 Å². The Balaban J connectivity index is 1.62. The minimum Gasteiger partial charge on any atom is -0.456 e. The molecular formula is C19H19NO10S. The normalized spacial score (nSPS) is 38.7. The van der Waals surface area contributed by atoms with E-state index in [-0.39, 0.29) is 17.9 Å². The molecule has 4 aliphatic heterocycles. The minimum absolute atomic E-state index is 0.0392. The first-order valence-corrected chi connectivity index (χ1v) is 11.5. The largest absolute Gasteiger partial charge is 0.456 e. The van der Waals surface area contributed by atoms with Crippen molar-refractivity contribution in [2.24, 2.45) is 0 Å². The molecule has 11 nitrogen and oxygen atoms in total. The van der Waals surface area contributed by atoms with Gasteiger partial charge in [-0.2, -0.15) is 8.42 Å². The standard InChI is InChI=1S/C19H19NO10S/c1-18(2)28-11-12(29-18)14-19(15(30-31(3,23)24)13(11)27-17(19)22)8-5-10-9(25-6-26-10)4-7(8)16(21)20-14/h4-5,11-15H,6H2,1-3H3,(H,20,21)/t11-,12+,13+,14-,15+,19-/m0/s1. The van der Waals surface area contributed by atoms with E-state index >= 15 is 0 Å². The summed E-state index contributed by atoms with van der Waals surface area (Å²) < 4.78 is 58.3. The lowest BCUT2D eigenvalue weighted by Crippen LogP contribution is -2.73. The fourth-order valence-electron chi connectivity index (χ4n) is 5.43. The maximum atomic E-state index is 13.4. The van der Waals surface area contributed by atoms with Gasteiger partial charge >= 0.3 is 5.97 Å². The van der Waals surface area contributed by atoms with Gasteiger partial charge in [0.1, 0.15) is 23.7 Å². The minimum atomic E-state index is -4.01. The Morgan fingerprint density at radius 1 is 1.06 bits per heavy atom. The fourth-order valence-corrected chi connectivity index (χ4v) is 6.06. The number of amides is 1. The lowest BCUT2D eigenvalue weighted by Gasteiger charge is -2.48. The summed E-state index contributed by atoms with van der Waals surface area (Å²) in [6.07, 6.45) is -3.04. The molecule has 2 saturated heterocycles. The molecule has 1 saturated carbocycles. The third kappa shape index (κ3) is 2.41. The molecule has 166 valence electrons. The third-order valence-corrected chi connectivity index (χ3v) is 6.96. The van der Waals surface area contributed by atoms with Gasteiger partial charge in [-0.05, 0) is 31.5 Å². The van der Waals surface area contributed by atoms with E-state index in [1.165, 1.54) is 12.1 Å². The predicted molar refractivity (Wildman–Crippen MR) is 98.9 cm³/mol. The average molecular weight is 453 g/mol. The second-order valence-electron chi connectivity index (χ2n) is 8.73. The number of carbonyl (C=O) groups excluding carboxylic acids is 2. The lowest BCUT2D eigenvalue weighted by molar-refractivity contribution is -0.168. The zero-order valence-corrected chi connectivity index (χ0v) is 17.6. The fraction of sp³-hybridized carbons (Fsp3) is 0.579. The van der Waals surface area contributed by atoms with Gasteiger partial charge in [0.15, 0.2) is 23.4 Å². The van der Waals surface area contributed by atoms with Gasteiger partial charge < -0.3 is 29.0 Å². The summed E-state index contributed by atoms with van der Waals surface area (Å²) in [6, 6.07) is 2.00. The van der Waals surface area contributed by atoms with Crippen LogP contribution in [0, 0.1) is 0 Å². The molecular weight excluding hydrogens is 434 g/mol. The summed E-state index contributed by atoms with van der Waals surface area (Å²) in [5, 5.41) is 2.82. The maximum Gasteiger partial charge on any atom is 0.322 e. The number of benzene rings is 1. The summed E-state index contributed by atoms with van der Waals surface area (Å²) in [4.78, 5) is 26.5. The molecule has 1 amide bonds. The Morgan fingerprint density at radius 3 is 2.45 bits per heavy atom. The Kier molecular flexibility index (Phi) is 3.54. The van der Waals surface area contributed by atoms with Crippen molar-refractivity contribution in [3.8, 4) is 11.5 Å². The maximum absolute atomic E-state index is 13.4. The molecule has 0 radical (unpaired) electrons. The number of rotatable bonds is 2. The van der Waals surface area contributed by atoms with Gasteiger partial charge in [0.05, 0.1) is 12.3 Å². The number of esters is 1. The van der Waals surface area contributed by atoms with Crippen LogP contribution in [-0.4, -0.2) is 69.6 Å². The molecule has 1 aliphatic carbocycles. The summed E-state index contributed by atoms with van der Waals surface area (Å²) in [5.74, 6) is -1.55. The van der Waals surface area contributed by atoms with Crippen molar-refractivity contribution < 1.29 is 45.9 Å². The zero-order chi connectivity index (χ0) is 21.9. The molecule has 0 unspecified atom stereocenters. The molecule has 5 aliphatic rings. The van der Waals surface area contributed by atoms with Gasteiger partial charge in [-0.1, -0.05) is 0 Å². The van der Waals surface area contributed by atoms with Crippen molar-refractivity contribution in [1.82, 2.24) is 5.32 Å². The van der Waals surface area contributed by atoms with Crippen molar-refractivity contribution in [2.75, 3.05) is 13.0 Å². The van der Waals surface area contributed by atoms with Crippen LogP contribution in [0.3, 0.4) is 0 Å². The number of ether oxygens (including phenoxy) is 5. The molecule has 12 heteroatoms. The summed E-state index contributed by atoms with van der Waals surface area (Å²) >= 11 is 0. The number of nitrogens with one attached hydrogen (secondary N) is 1. The van der Waals surface area contributed by atoms with Crippen molar-refractivity contribution in [1.29, 1.82) is 0 Å². The van der Waals surface area contributed by atoms with E-state index in [9.17, 15) is 18.0 Å². The molecule has 1 aromatic carbocycles. The number of hydrogen-bond acceptors (Lipinski definition) is 10. The number of hydrogen-bond donors (Lipinski definition) is 1. The third-order valence-electron chi connectivity index (χ3n) is 6.40. The van der Waals surface area contributed by atoms with Gasteiger partial charge in [0.2, 0.25) is 6.79 Å². The van der Waals surface area contributed by atoms with Crippen LogP contribution in [0.1, 0.15) is 29.8 Å². The van der Waals surface area contributed by atoms with Gasteiger partial charge in [-0.3, -0.25) is 13.8 Å². The highest BCUT2D eigenvalue weighted by molar-refractivity contribution is 7.86. The zero-order valence-electron chi connectivity index (χ0n) is 16.7. The first kappa shape index (κ1) is 19.3. The van der Waals surface area contributed by atoms with E-state index in [2.05, 4.69) is 5.32 Å². The van der Waals surface area contributed by atoms with E-state index in [1.807, 2.05) is 0 Å². The Morgan fingerprint density at radius 2 is 1.74 bits per heavy atom. The van der Waals surface area contributed by atoms with E-state index in [1.54, 1.807) is 13.8 Å². The Labute approximate surface area is 177 Å². The molecule has 1 spiro atoms. The molecule has 6 rings (SSSR count).